The molecule has 4 N–H and O–H groups in total. The molecule has 2 rings (SSSR count). The van der Waals surface area contributed by atoms with Gasteiger partial charge in [0.25, 0.3) is 0 Å². The van der Waals surface area contributed by atoms with Crippen molar-refractivity contribution in [2.24, 2.45) is 5.73 Å². The van der Waals surface area contributed by atoms with Crippen molar-refractivity contribution in [2.45, 2.75) is 37.0 Å². The lowest BCUT2D eigenvalue weighted by Gasteiger charge is -2.09. The van der Waals surface area contributed by atoms with Gasteiger partial charge >= 0.3 is 5.69 Å². The zero-order valence-electron chi connectivity index (χ0n) is 11.5. The number of nitrogens with one attached hydrogen (secondary N) is 2. The second-order valence-electron chi connectivity index (χ2n) is 4.63. The van der Waals surface area contributed by atoms with Crippen molar-refractivity contribution in [1.29, 1.82) is 5.41 Å². The first-order chi connectivity index (χ1) is 9.38. The Morgan fingerprint density at radius 3 is 2.80 bits per heavy atom. The van der Waals surface area contributed by atoms with E-state index in [1.807, 2.05) is 20.8 Å². The third kappa shape index (κ3) is 2.90. The highest BCUT2D eigenvalue weighted by Gasteiger charge is 2.14. The Balaban J connectivity index is 2.40. The normalized spacial score (nSPS) is 11.0. The van der Waals surface area contributed by atoms with Gasteiger partial charge < -0.3 is 5.73 Å². The van der Waals surface area contributed by atoms with E-state index in [0.717, 1.165) is 5.69 Å². The first-order valence-corrected chi connectivity index (χ1v) is 6.88. The van der Waals surface area contributed by atoms with E-state index in [-0.39, 0.29) is 17.6 Å². The molecule has 8 heteroatoms. The molecule has 0 amide bonds. The highest BCUT2D eigenvalue weighted by atomic mass is 32.2. The minimum absolute atomic E-state index is 0.000775. The average molecular weight is 292 g/mol. The summed E-state index contributed by atoms with van der Waals surface area (Å²) in [5.74, 6) is -0.0133. The van der Waals surface area contributed by atoms with Crippen LogP contribution in [0.1, 0.15) is 31.1 Å². The Labute approximate surface area is 120 Å². The molecule has 0 aliphatic rings. The molecule has 20 heavy (non-hydrogen) atoms. The Morgan fingerprint density at radius 1 is 1.50 bits per heavy atom. The zero-order valence-corrected chi connectivity index (χ0v) is 12.3. The van der Waals surface area contributed by atoms with Crippen LogP contribution >= 0.6 is 11.8 Å². The van der Waals surface area contributed by atoms with Crippen molar-refractivity contribution < 1.29 is 0 Å². The molecule has 106 valence electrons. The lowest BCUT2D eigenvalue weighted by molar-refractivity contribution is 0.534. The van der Waals surface area contributed by atoms with Crippen molar-refractivity contribution in [1.82, 2.24) is 19.7 Å². The van der Waals surface area contributed by atoms with Gasteiger partial charge in [-0.15, -0.1) is 5.10 Å². The molecule has 0 atom stereocenters. The van der Waals surface area contributed by atoms with Crippen molar-refractivity contribution >= 4 is 17.6 Å². The minimum atomic E-state index is -0.248. The number of aromatic nitrogens is 4. The van der Waals surface area contributed by atoms with E-state index in [1.54, 1.807) is 16.7 Å². The second-order valence-corrected chi connectivity index (χ2v) is 5.61. The fourth-order valence-electron chi connectivity index (χ4n) is 1.76. The van der Waals surface area contributed by atoms with Crippen LogP contribution in [0.3, 0.4) is 0 Å². The number of H-pyrrole nitrogens is 1. The summed E-state index contributed by atoms with van der Waals surface area (Å²) in [6.45, 7) is 5.65. The van der Waals surface area contributed by atoms with Crippen LogP contribution in [0.2, 0.25) is 0 Å². The maximum atomic E-state index is 11.7. The molecule has 0 aliphatic carbocycles. The van der Waals surface area contributed by atoms with Gasteiger partial charge in [-0.25, -0.2) is 14.9 Å². The second kappa shape index (κ2) is 5.49. The number of nitrogens with two attached hydrogens (primary N) is 1. The van der Waals surface area contributed by atoms with Crippen molar-refractivity contribution in [3.05, 3.63) is 33.9 Å². The summed E-state index contributed by atoms with van der Waals surface area (Å²) in [6, 6.07) is 3.46. The van der Waals surface area contributed by atoms with E-state index < -0.39 is 0 Å². The fourth-order valence-corrected chi connectivity index (χ4v) is 2.80. The smallest absolute Gasteiger partial charge is 0.344 e. The minimum Gasteiger partial charge on any atom is -0.384 e. The fraction of sp³-hybridized carbons (Fsp3) is 0.333. The summed E-state index contributed by atoms with van der Waals surface area (Å²) in [5, 5.41) is 15.1. The summed E-state index contributed by atoms with van der Waals surface area (Å²) >= 11 is 1.27. The topological polar surface area (TPSA) is 113 Å². The number of aryl methyl sites for hydroxylation is 1. The van der Waals surface area contributed by atoms with Crippen molar-refractivity contribution in [3.63, 3.8) is 0 Å². The van der Waals surface area contributed by atoms with Crippen LogP contribution in [0.5, 0.6) is 0 Å². The molecule has 0 saturated carbocycles. The summed E-state index contributed by atoms with van der Waals surface area (Å²) in [7, 11) is 0. The molecule has 0 radical (unpaired) electrons. The molecule has 7 nitrogen and oxygen atoms in total. The van der Waals surface area contributed by atoms with Gasteiger partial charge in [0, 0.05) is 17.3 Å². The van der Waals surface area contributed by atoms with E-state index in [4.69, 9.17) is 11.1 Å². The number of aromatic amines is 1. The lowest BCUT2D eigenvalue weighted by Crippen LogP contribution is -2.19. The van der Waals surface area contributed by atoms with Gasteiger partial charge in [-0.3, -0.25) is 9.98 Å². The predicted molar refractivity (Wildman–Crippen MR) is 77.3 cm³/mol. The largest absolute Gasteiger partial charge is 0.384 e. The summed E-state index contributed by atoms with van der Waals surface area (Å²) < 4.78 is 1.56. The molecule has 0 saturated heterocycles. The first-order valence-electron chi connectivity index (χ1n) is 6.06. The number of hydrogen-bond donors (Lipinski definition) is 3. The van der Waals surface area contributed by atoms with Crippen LogP contribution in [0.4, 0.5) is 0 Å². The SMILES string of the molecule is Cc1cc(C(=N)N)cc(Sc2n[nH]c(=O)n2C(C)C)n1. The van der Waals surface area contributed by atoms with Gasteiger partial charge in [0.2, 0.25) is 0 Å². The van der Waals surface area contributed by atoms with E-state index in [0.29, 0.717) is 15.7 Å². The van der Waals surface area contributed by atoms with E-state index in [9.17, 15) is 4.79 Å². The summed E-state index contributed by atoms with van der Waals surface area (Å²) in [4.78, 5) is 16.0. The van der Waals surface area contributed by atoms with Crippen LogP contribution in [-0.2, 0) is 0 Å². The Hall–Kier alpha value is -2.09. The third-order valence-corrected chi connectivity index (χ3v) is 3.51. The molecule has 0 bridgehead atoms. The molecular formula is C12H16N6OS. The highest BCUT2D eigenvalue weighted by molar-refractivity contribution is 7.99. The number of hydrogen-bond acceptors (Lipinski definition) is 5. The molecular weight excluding hydrogens is 276 g/mol. The van der Waals surface area contributed by atoms with Gasteiger partial charge in [0.1, 0.15) is 10.9 Å². The molecule has 0 aliphatic heterocycles. The van der Waals surface area contributed by atoms with Gasteiger partial charge in [0.15, 0.2) is 5.16 Å². The van der Waals surface area contributed by atoms with Crippen molar-refractivity contribution in [3.8, 4) is 0 Å². The van der Waals surface area contributed by atoms with Crippen LogP contribution in [0.25, 0.3) is 0 Å². The number of nitrogens with zero attached hydrogens (tertiary/aromatic N) is 3. The highest BCUT2D eigenvalue weighted by Crippen LogP contribution is 2.25. The summed E-state index contributed by atoms with van der Waals surface area (Å²) in [5.41, 5.74) is 6.61. The quantitative estimate of drug-likeness (QED) is 0.580. The molecule has 0 spiro atoms. The number of nitrogen functional groups attached to an aromatic ring is 1. The van der Waals surface area contributed by atoms with Crippen LogP contribution in [0, 0.1) is 12.3 Å². The van der Waals surface area contributed by atoms with Gasteiger partial charge in [-0.2, -0.15) is 0 Å². The Kier molecular flexibility index (Phi) is 3.93. The lowest BCUT2D eigenvalue weighted by atomic mass is 10.2. The van der Waals surface area contributed by atoms with Crippen LogP contribution in [-0.4, -0.2) is 25.6 Å². The van der Waals surface area contributed by atoms with Crippen molar-refractivity contribution in [2.75, 3.05) is 0 Å². The molecule has 0 fully saturated rings. The maximum absolute atomic E-state index is 11.7. The predicted octanol–water partition coefficient (Wildman–Crippen LogP) is 1.29. The van der Waals surface area contributed by atoms with Gasteiger partial charge in [0.05, 0.1) is 0 Å². The van der Waals surface area contributed by atoms with Gasteiger partial charge in [-0.05, 0) is 44.7 Å². The maximum Gasteiger partial charge on any atom is 0.344 e. The number of rotatable bonds is 4. The molecule has 0 aromatic carbocycles. The van der Waals surface area contributed by atoms with E-state index >= 15 is 0 Å². The molecule has 2 aromatic heterocycles. The zero-order chi connectivity index (χ0) is 14.9. The number of amidine groups is 1. The molecule has 2 aromatic rings. The Bertz CT molecular complexity index is 702. The van der Waals surface area contributed by atoms with Gasteiger partial charge in [-0.1, -0.05) is 0 Å². The van der Waals surface area contributed by atoms with E-state index in [1.165, 1.54) is 11.8 Å². The van der Waals surface area contributed by atoms with E-state index in [2.05, 4.69) is 15.2 Å². The van der Waals surface area contributed by atoms with Crippen LogP contribution < -0.4 is 11.4 Å². The molecule has 2 heterocycles. The number of pyridine rings is 1. The Morgan fingerprint density at radius 2 is 2.20 bits per heavy atom. The molecule has 0 unspecified atom stereocenters. The average Bonchev–Trinajstić information content (AvgIpc) is 2.69. The van der Waals surface area contributed by atoms with Crippen LogP contribution in [0.15, 0.2) is 27.1 Å². The first kappa shape index (κ1) is 14.3. The monoisotopic (exact) mass is 292 g/mol. The standard InChI is InChI=1S/C12H16N6OS/c1-6(2)18-11(19)16-17-12(18)20-9-5-8(10(13)14)4-7(3)15-9/h4-6H,1-3H3,(H3,13,14)(H,16,19). The summed E-state index contributed by atoms with van der Waals surface area (Å²) in [6.07, 6.45) is 0. The third-order valence-electron chi connectivity index (χ3n) is 2.63.